The van der Waals surface area contributed by atoms with Crippen LogP contribution in [0, 0.1) is 0 Å². The number of aliphatic hydroxyl groups is 1. The van der Waals surface area contributed by atoms with Crippen LogP contribution in [0.1, 0.15) is 25.2 Å². The van der Waals surface area contributed by atoms with Gasteiger partial charge in [-0.1, -0.05) is 36.4 Å². The van der Waals surface area contributed by atoms with E-state index in [4.69, 9.17) is 15.3 Å². The van der Waals surface area contributed by atoms with Crippen LogP contribution in [0.15, 0.2) is 47.6 Å². The molecule has 3 aromatic rings. The smallest absolute Gasteiger partial charge is 0.321 e. The second-order valence-electron chi connectivity index (χ2n) is 7.98. The maximum atomic E-state index is 10.0. The third-order valence-corrected chi connectivity index (χ3v) is 4.82. The van der Waals surface area contributed by atoms with Crippen molar-refractivity contribution >= 4 is 22.4 Å². The predicted octanol–water partition coefficient (Wildman–Crippen LogP) is 1.72. The molecule has 0 bridgehead atoms. The Morgan fingerprint density at radius 3 is 2.58 bits per heavy atom. The van der Waals surface area contributed by atoms with E-state index in [1.165, 1.54) is 0 Å². The molecule has 4 rings (SSSR count). The number of nitrogens with zero attached hydrogens (tertiary/aromatic N) is 5. The average Bonchev–Trinajstić information content (AvgIpc) is 2.78. The Bertz CT molecular complexity index is 1090. The van der Waals surface area contributed by atoms with Crippen molar-refractivity contribution in [2.75, 3.05) is 37.8 Å². The number of nitrogens with two attached hydrogens (primary N) is 1. The first kappa shape index (κ1) is 21.0. The number of ether oxygens (including phenoxy) is 2. The van der Waals surface area contributed by atoms with Crippen molar-refractivity contribution in [3.8, 4) is 6.01 Å². The van der Waals surface area contributed by atoms with E-state index in [1.807, 2.05) is 47.4 Å². The van der Waals surface area contributed by atoms with E-state index in [0.717, 1.165) is 16.3 Å². The van der Waals surface area contributed by atoms with Gasteiger partial charge in [0.15, 0.2) is 5.82 Å². The van der Waals surface area contributed by atoms with Gasteiger partial charge in [-0.3, -0.25) is 0 Å². The van der Waals surface area contributed by atoms with Gasteiger partial charge in [0.2, 0.25) is 5.95 Å². The summed E-state index contributed by atoms with van der Waals surface area (Å²) in [6.45, 7) is 5.81. The fourth-order valence-electron chi connectivity index (χ4n) is 3.26. The van der Waals surface area contributed by atoms with Crippen molar-refractivity contribution in [1.29, 1.82) is 0 Å². The van der Waals surface area contributed by atoms with Crippen LogP contribution in [-0.4, -0.2) is 64.3 Å². The van der Waals surface area contributed by atoms with Crippen molar-refractivity contribution in [3.05, 3.63) is 53.9 Å². The highest BCUT2D eigenvalue weighted by atomic mass is 16.5. The van der Waals surface area contributed by atoms with E-state index in [2.05, 4.69) is 20.1 Å². The zero-order valence-corrected chi connectivity index (χ0v) is 17.7. The van der Waals surface area contributed by atoms with Crippen LogP contribution in [0.5, 0.6) is 6.01 Å². The summed E-state index contributed by atoms with van der Waals surface area (Å²) >= 11 is 0. The lowest BCUT2D eigenvalue weighted by Crippen LogP contribution is -2.38. The van der Waals surface area contributed by atoms with E-state index in [0.29, 0.717) is 43.8 Å². The summed E-state index contributed by atoms with van der Waals surface area (Å²) in [6, 6.07) is 14.1. The zero-order chi connectivity index (χ0) is 21.8. The number of morpholine rings is 1. The van der Waals surface area contributed by atoms with Gasteiger partial charge in [-0.25, -0.2) is 0 Å². The first-order valence-electron chi connectivity index (χ1n) is 10.1. The van der Waals surface area contributed by atoms with Gasteiger partial charge in [-0.15, -0.1) is 0 Å². The molecule has 3 N–H and O–H groups in total. The molecule has 1 aliphatic heterocycles. The van der Waals surface area contributed by atoms with E-state index in [9.17, 15) is 5.11 Å². The Labute approximate surface area is 180 Å². The quantitative estimate of drug-likeness (QED) is 0.350. The Balaban J connectivity index is 1.74. The summed E-state index contributed by atoms with van der Waals surface area (Å²) in [5.74, 6) is 6.54. The third-order valence-electron chi connectivity index (χ3n) is 4.82. The summed E-state index contributed by atoms with van der Waals surface area (Å²) < 4.78 is 11.1. The van der Waals surface area contributed by atoms with E-state index >= 15 is 0 Å². The summed E-state index contributed by atoms with van der Waals surface area (Å²) in [5, 5.41) is 16.2. The molecule has 2 heterocycles. The van der Waals surface area contributed by atoms with Gasteiger partial charge in [-0.05, 0) is 30.7 Å². The molecule has 1 saturated heterocycles. The lowest BCUT2D eigenvalue weighted by atomic mass is 10.0. The fourth-order valence-corrected chi connectivity index (χ4v) is 3.26. The molecule has 162 valence electrons. The molecule has 1 fully saturated rings. The molecular formula is C22H26N6O3. The molecule has 0 atom stereocenters. The van der Waals surface area contributed by atoms with Gasteiger partial charge >= 0.3 is 6.01 Å². The van der Waals surface area contributed by atoms with E-state index in [-0.39, 0.29) is 12.6 Å². The van der Waals surface area contributed by atoms with Crippen molar-refractivity contribution in [2.45, 2.75) is 19.4 Å². The first-order chi connectivity index (χ1) is 14.9. The molecule has 0 aliphatic carbocycles. The number of benzene rings is 2. The standard InChI is InChI=1S/C22H26N6O3/c1-22(2,29)14-31-21-25-19(24-20(26-21)28-9-11-30-12-10-28)18(27-23)17-8-7-15-5-3-4-6-16(15)13-17/h3-8,13,29H,9-12,14,23H2,1-2H3. The topological polar surface area (TPSA) is 119 Å². The highest BCUT2D eigenvalue weighted by Crippen LogP contribution is 2.20. The second kappa shape index (κ2) is 8.83. The van der Waals surface area contributed by atoms with Gasteiger partial charge in [0, 0.05) is 18.7 Å². The minimum atomic E-state index is -1.03. The molecule has 0 radical (unpaired) electrons. The Morgan fingerprint density at radius 1 is 1.13 bits per heavy atom. The zero-order valence-electron chi connectivity index (χ0n) is 17.7. The number of aromatic nitrogens is 3. The summed E-state index contributed by atoms with van der Waals surface area (Å²) in [7, 11) is 0. The van der Waals surface area contributed by atoms with Crippen molar-refractivity contribution < 1.29 is 14.6 Å². The van der Waals surface area contributed by atoms with Crippen LogP contribution in [0.3, 0.4) is 0 Å². The molecule has 31 heavy (non-hydrogen) atoms. The van der Waals surface area contributed by atoms with Crippen LogP contribution in [-0.2, 0) is 4.74 Å². The molecule has 0 saturated carbocycles. The molecule has 0 spiro atoms. The highest BCUT2D eigenvalue weighted by molar-refractivity contribution is 6.12. The molecule has 1 aliphatic rings. The summed E-state index contributed by atoms with van der Waals surface area (Å²) in [4.78, 5) is 15.5. The van der Waals surface area contributed by atoms with E-state index < -0.39 is 5.60 Å². The maximum absolute atomic E-state index is 10.0. The Kier molecular flexibility index (Phi) is 5.97. The molecule has 0 unspecified atom stereocenters. The van der Waals surface area contributed by atoms with Gasteiger partial charge in [-0.2, -0.15) is 20.1 Å². The first-order valence-corrected chi connectivity index (χ1v) is 10.1. The van der Waals surface area contributed by atoms with Crippen molar-refractivity contribution in [3.63, 3.8) is 0 Å². The van der Waals surface area contributed by atoms with Gasteiger partial charge in [0.25, 0.3) is 0 Å². The molecule has 1 aromatic heterocycles. The van der Waals surface area contributed by atoms with Crippen LogP contribution in [0.25, 0.3) is 10.8 Å². The number of anilines is 1. The van der Waals surface area contributed by atoms with Crippen molar-refractivity contribution in [1.82, 2.24) is 15.0 Å². The highest BCUT2D eigenvalue weighted by Gasteiger charge is 2.22. The van der Waals surface area contributed by atoms with E-state index in [1.54, 1.807) is 13.8 Å². The molecular weight excluding hydrogens is 396 g/mol. The van der Waals surface area contributed by atoms with Gasteiger partial charge in [0.05, 0.1) is 18.8 Å². The Hall–Kier alpha value is -3.30. The minimum Gasteiger partial charge on any atom is -0.460 e. The fraction of sp³-hybridized carbons (Fsp3) is 0.364. The Morgan fingerprint density at radius 2 is 1.87 bits per heavy atom. The number of fused-ring (bicyclic) bond motifs is 1. The molecule has 9 nitrogen and oxygen atoms in total. The second-order valence-corrected chi connectivity index (χ2v) is 7.98. The molecule has 9 heteroatoms. The average molecular weight is 422 g/mol. The van der Waals surface area contributed by atoms with Crippen LogP contribution in [0.2, 0.25) is 0 Å². The monoisotopic (exact) mass is 422 g/mol. The van der Waals surface area contributed by atoms with Crippen molar-refractivity contribution in [2.24, 2.45) is 10.9 Å². The van der Waals surface area contributed by atoms with Crippen LogP contribution >= 0.6 is 0 Å². The largest absolute Gasteiger partial charge is 0.460 e. The lowest BCUT2D eigenvalue weighted by Gasteiger charge is -2.27. The SMILES string of the molecule is CC(C)(O)COc1nc(C(=NN)c2ccc3ccccc3c2)nc(N2CCOCC2)n1. The number of hydrogen-bond donors (Lipinski definition) is 2. The summed E-state index contributed by atoms with van der Waals surface area (Å²) in [6.07, 6.45) is 0. The minimum absolute atomic E-state index is 0.0318. The molecule has 2 aromatic carbocycles. The van der Waals surface area contributed by atoms with Gasteiger partial charge < -0.3 is 25.3 Å². The number of hydrogen-bond acceptors (Lipinski definition) is 9. The van der Waals surface area contributed by atoms with Gasteiger partial charge in [0.1, 0.15) is 12.3 Å². The maximum Gasteiger partial charge on any atom is 0.321 e. The van der Waals surface area contributed by atoms with Crippen LogP contribution in [0.4, 0.5) is 5.95 Å². The van der Waals surface area contributed by atoms with Crippen LogP contribution < -0.4 is 15.5 Å². The normalized spacial score (nSPS) is 15.3. The molecule has 0 amide bonds. The lowest BCUT2D eigenvalue weighted by molar-refractivity contribution is 0.0249. The third kappa shape index (κ3) is 5.07. The number of hydrazone groups is 1. The number of rotatable bonds is 6. The predicted molar refractivity (Wildman–Crippen MR) is 118 cm³/mol. The summed E-state index contributed by atoms with van der Waals surface area (Å²) in [5.41, 5.74) is 0.180.